The highest BCUT2D eigenvalue weighted by Crippen LogP contribution is 2.57. The van der Waals surface area contributed by atoms with E-state index in [1.54, 1.807) is 18.2 Å². The molecule has 196 valence electrons. The van der Waals surface area contributed by atoms with Gasteiger partial charge in [-0.05, 0) is 24.6 Å². The highest BCUT2D eigenvalue weighted by Gasteiger charge is 2.46. The van der Waals surface area contributed by atoms with Crippen LogP contribution >= 0.6 is 15.6 Å². The van der Waals surface area contributed by atoms with Gasteiger partial charge < -0.3 is 34.2 Å². The second-order valence-corrected chi connectivity index (χ2v) is 10.8. The molecule has 0 spiro atoms. The van der Waals surface area contributed by atoms with Gasteiger partial charge in [0, 0.05) is 17.6 Å². The van der Waals surface area contributed by atoms with Crippen LogP contribution in [0.25, 0.3) is 11.0 Å². The van der Waals surface area contributed by atoms with E-state index >= 15 is 0 Å². The molecule has 5 atom stereocenters. The molecule has 0 aliphatic carbocycles. The number of aryl methyl sites for hydroxylation is 1. The number of hydrogen-bond acceptors (Lipinski definition) is 11. The minimum Gasteiger partial charge on any atom is -0.387 e. The average Bonchev–Trinajstić information content (AvgIpc) is 3.28. The van der Waals surface area contributed by atoms with E-state index in [-0.39, 0.29) is 6.54 Å². The summed E-state index contributed by atoms with van der Waals surface area (Å²) in [6.45, 7) is 0.632. The third-order valence-corrected chi connectivity index (χ3v) is 7.48. The highest BCUT2D eigenvalue weighted by molar-refractivity contribution is 7.60. The van der Waals surface area contributed by atoms with Crippen LogP contribution in [0.1, 0.15) is 17.5 Å². The van der Waals surface area contributed by atoms with Crippen LogP contribution in [0.2, 0.25) is 0 Å². The highest BCUT2D eigenvalue weighted by atomic mass is 31.3. The molecule has 0 bridgehead atoms. The standard InChI is InChI=1S/C18H21N3O13P2/c1-9-2-3-10-11(19-33-12(10)6-9)7-21-14(22)4-5-20(18(21)25)17-16(24)15(23)13(32-17)8-31-36(29,30)34-35(26,27)28/h2-6,13,15-17,23-24H,7-8H2,1H3,(H,29,30)(H2,26,27,28)/t13-,15-,16-,17-/m1/s1. The van der Waals surface area contributed by atoms with Gasteiger partial charge in [-0.1, -0.05) is 11.2 Å². The Balaban J connectivity index is 1.57. The molecule has 1 saturated heterocycles. The summed E-state index contributed by atoms with van der Waals surface area (Å²) in [5, 5.41) is 25.2. The van der Waals surface area contributed by atoms with Crippen molar-refractivity contribution >= 4 is 26.6 Å². The molecule has 0 amide bonds. The Kier molecular flexibility index (Phi) is 7.20. The molecule has 4 rings (SSSR count). The molecular formula is C18H21N3O13P2. The number of hydrogen-bond donors (Lipinski definition) is 5. The maximum absolute atomic E-state index is 13.1. The Morgan fingerprint density at radius 2 is 1.83 bits per heavy atom. The van der Waals surface area contributed by atoms with Gasteiger partial charge in [-0.2, -0.15) is 4.31 Å². The number of fused-ring (bicyclic) bond motifs is 1. The molecule has 1 aromatic carbocycles. The number of benzene rings is 1. The molecule has 1 aliphatic heterocycles. The normalized spacial score (nSPS) is 24.3. The zero-order valence-electron chi connectivity index (χ0n) is 18.3. The number of aliphatic hydroxyl groups is 2. The summed E-state index contributed by atoms with van der Waals surface area (Å²) in [6, 6.07) is 6.29. The van der Waals surface area contributed by atoms with Gasteiger partial charge in [-0.15, -0.1) is 0 Å². The molecule has 3 aromatic rings. The smallest absolute Gasteiger partial charge is 0.387 e. The van der Waals surface area contributed by atoms with Gasteiger partial charge in [0.15, 0.2) is 11.8 Å². The molecule has 1 fully saturated rings. The zero-order chi connectivity index (χ0) is 26.4. The van der Waals surface area contributed by atoms with Crippen molar-refractivity contribution in [1.29, 1.82) is 0 Å². The van der Waals surface area contributed by atoms with Gasteiger partial charge >= 0.3 is 21.3 Å². The monoisotopic (exact) mass is 549 g/mol. The van der Waals surface area contributed by atoms with Gasteiger partial charge in [0.2, 0.25) is 0 Å². The van der Waals surface area contributed by atoms with Gasteiger partial charge in [-0.25, -0.2) is 13.9 Å². The van der Waals surface area contributed by atoms with E-state index in [0.29, 0.717) is 16.7 Å². The number of rotatable bonds is 8. The number of phosphoric acid groups is 2. The van der Waals surface area contributed by atoms with Crippen molar-refractivity contribution in [3.8, 4) is 0 Å². The first-order valence-electron chi connectivity index (χ1n) is 10.2. The van der Waals surface area contributed by atoms with Crippen molar-refractivity contribution in [2.45, 2.75) is 38.0 Å². The largest absolute Gasteiger partial charge is 0.481 e. The summed E-state index contributed by atoms with van der Waals surface area (Å²) in [6.07, 6.45) is -5.53. The van der Waals surface area contributed by atoms with Crippen LogP contribution in [0.3, 0.4) is 0 Å². The molecule has 16 nitrogen and oxygen atoms in total. The van der Waals surface area contributed by atoms with E-state index < -0.39 is 58.0 Å². The molecule has 5 N–H and O–H groups in total. The number of aromatic nitrogens is 3. The van der Waals surface area contributed by atoms with Crippen LogP contribution in [0.15, 0.2) is 44.6 Å². The van der Waals surface area contributed by atoms with E-state index in [2.05, 4.69) is 14.0 Å². The van der Waals surface area contributed by atoms with Gasteiger partial charge in [-0.3, -0.25) is 18.5 Å². The van der Waals surface area contributed by atoms with E-state index in [1.165, 1.54) is 0 Å². The molecule has 0 saturated carbocycles. The fourth-order valence-corrected chi connectivity index (χ4v) is 5.25. The molecule has 2 aromatic heterocycles. The lowest BCUT2D eigenvalue weighted by Gasteiger charge is -2.19. The maximum atomic E-state index is 13.1. The number of aliphatic hydroxyl groups excluding tert-OH is 2. The number of phosphoric ester groups is 1. The lowest BCUT2D eigenvalue weighted by atomic mass is 10.1. The SMILES string of the molecule is Cc1ccc2c(Cn3c(=O)ccn([C@@H]4O[C@H](COP(=O)(O)OP(=O)(O)O)[C@@H](O)[C@H]4O)c3=O)noc2c1. The summed E-state index contributed by atoms with van der Waals surface area (Å²) in [5.41, 5.74) is 0.0489. The fourth-order valence-electron chi connectivity index (χ4n) is 3.65. The first-order valence-corrected chi connectivity index (χ1v) is 13.2. The molecule has 18 heteroatoms. The summed E-state index contributed by atoms with van der Waals surface area (Å²) in [5.74, 6) is 0. The number of nitrogens with zero attached hydrogens (tertiary/aromatic N) is 3. The lowest BCUT2D eigenvalue weighted by molar-refractivity contribution is -0.0547. The van der Waals surface area contributed by atoms with Gasteiger partial charge in [0.1, 0.15) is 24.0 Å². The Bertz CT molecular complexity index is 1490. The van der Waals surface area contributed by atoms with E-state index in [9.17, 15) is 33.8 Å². The molecule has 0 radical (unpaired) electrons. The van der Waals surface area contributed by atoms with Crippen LogP contribution in [0, 0.1) is 6.92 Å². The van der Waals surface area contributed by atoms with Crippen LogP contribution in [0.4, 0.5) is 0 Å². The van der Waals surface area contributed by atoms with Crippen molar-refractivity contribution in [3.05, 3.63) is 62.6 Å². The third kappa shape index (κ3) is 5.58. The summed E-state index contributed by atoms with van der Waals surface area (Å²) < 4.78 is 42.7. The summed E-state index contributed by atoms with van der Waals surface area (Å²) >= 11 is 0. The minimum absolute atomic E-state index is 0.278. The van der Waals surface area contributed by atoms with Crippen molar-refractivity contribution in [2.24, 2.45) is 0 Å². The first-order chi connectivity index (χ1) is 16.8. The Hall–Kier alpha value is -2.49. The Morgan fingerprint density at radius 1 is 1.11 bits per heavy atom. The molecule has 1 aliphatic rings. The predicted octanol–water partition coefficient (Wildman–Crippen LogP) is -0.647. The molecule has 3 heterocycles. The zero-order valence-corrected chi connectivity index (χ0v) is 20.1. The Labute approximate surface area is 200 Å². The first kappa shape index (κ1) is 26.6. The second kappa shape index (κ2) is 9.76. The van der Waals surface area contributed by atoms with Crippen molar-refractivity contribution in [3.63, 3.8) is 0 Å². The summed E-state index contributed by atoms with van der Waals surface area (Å²) in [7, 11) is -10.6. The fraction of sp³-hybridized carbons (Fsp3) is 0.389. The molecular weight excluding hydrogens is 528 g/mol. The topological polar surface area (TPSA) is 233 Å². The van der Waals surface area contributed by atoms with E-state index in [1.807, 2.05) is 6.92 Å². The average molecular weight is 549 g/mol. The van der Waals surface area contributed by atoms with E-state index in [0.717, 1.165) is 27.0 Å². The molecule has 36 heavy (non-hydrogen) atoms. The third-order valence-electron chi connectivity index (χ3n) is 5.33. The Morgan fingerprint density at radius 3 is 2.53 bits per heavy atom. The quantitative estimate of drug-likeness (QED) is 0.220. The van der Waals surface area contributed by atoms with Crippen LogP contribution in [-0.4, -0.2) is 64.1 Å². The van der Waals surface area contributed by atoms with Gasteiger partial charge in [0.25, 0.3) is 5.56 Å². The van der Waals surface area contributed by atoms with Crippen LogP contribution in [0.5, 0.6) is 0 Å². The predicted molar refractivity (Wildman–Crippen MR) is 118 cm³/mol. The van der Waals surface area contributed by atoms with Crippen molar-refractivity contribution < 1.29 is 52.1 Å². The lowest BCUT2D eigenvalue weighted by Crippen LogP contribution is -2.43. The van der Waals surface area contributed by atoms with Crippen LogP contribution in [-0.2, 0) is 29.2 Å². The maximum Gasteiger partial charge on any atom is 0.481 e. The van der Waals surface area contributed by atoms with E-state index in [4.69, 9.17) is 19.0 Å². The minimum atomic E-state index is -5.38. The number of ether oxygens (including phenoxy) is 1. The second-order valence-electron chi connectivity index (χ2n) is 7.94. The van der Waals surface area contributed by atoms with Crippen molar-refractivity contribution in [2.75, 3.05) is 6.61 Å². The summed E-state index contributed by atoms with van der Waals surface area (Å²) in [4.78, 5) is 52.2. The van der Waals surface area contributed by atoms with Crippen molar-refractivity contribution in [1.82, 2.24) is 14.3 Å². The molecule has 1 unspecified atom stereocenters. The van der Waals surface area contributed by atoms with Crippen LogP contribution < -0.4 is 11.2 Å². The van der Waals surface area contributed by atoms with Gasteiger partial charge in [0.05, 0.1) is 13.2 Å².